The molecule has 6 rings (SSSR count). The van der Waals surface area contributed by atoms with E-state index in [2.05, 4.69) is 23.6 Å². The van der Waals surface area contributed by atoms with Gasteiger partial charge in [0.05, 0.1) is 25.5 Å². The van der Waals surface area contributed by atoms with E-state index in [-0.39, 0.29) is 17.6 Å². The second-order valence-corrected chi connectivity index (χ2v) is 12.1. The average Bonchev–Trinajstić information content (AvgIpc) is 3.46. The molecule has 46 heavy (non-hydrogen) atoms. The van der Waals surface area contributed by atoms with Crippen molar-refractivity contribution in [1.29, 1.82) is 0 Å². The lowest BCUT2D eigenvalue weighted by atomic mass is 9.91. The van der Waals surface area contributed by atoms with Crippen molar-refractivity contribution in [3.05, 3.63) is 97.3 Å². The smallest absolute Gasteiger partial charge is 0.330 e. The van der Waals surface area contributed by atoms with E-state index in [0.717, 1.165) is 62.9 Å². The Morgan fingerprint density at radius 2 is 1.76 bits per heavy atom. The van der Waals surface area contributed by atoms with Crippen molar-refractivity contribution in [3.8, 4) is 28.3 Å². The number of aliphatic hydroxyl groups excluding tert-OH is 1. The van der Waals surface area contributed by atoms with Crippen LogP contribution in [-0.4, -0.2) is 57.6 Å². The van der Waals surface area contributed by atoms with Gasteiger partial charge in [-0.25, -0.2) is 9.78 Å². The van der Waals surface area contributed by atoms with Gasteiger partial charge < -0.3 is 29.8 Å². The van der Waals surface area contributed by atoms with E-state index in [1.807, 2.05) is 37.3 Å². The van der Waals surface area contributed by atoms with Gasteiger partial charge in [-0.1, -0.05) is 30.3 Å². The van der Waals surface area contributed by atoms with Crippen LogP contribution >= 0.6 is 0 Å². The number of pyridine rings is 1. The van der Waals surface area contributed by atoms with Gasteiger partial charge in [0.2, 0.25) is 5.88 Å². The van der Waals surface area contributed by atoms with Crippen molar-refractivity contribution in [1.82, 2.24) is 19.4 Å². The van der Waals surface area contributed by atoms with Gasteiger partial charge >= 0.3 is 5.69 Å². The number of ether oxygens (including phenoxy) is 2. The minimum atomic E-state index is -0.654. The fourth-order valence-corrected chi connectivity index (χ4v) is 6.66. The molecule has 1 saturated heterocycles. The fourth-order valence-electron chi connectivity index (χ4n) is 6.66. The zero-order valence-electron chi connectivity index (χ0n) is 26.7. The summed E-state index contributed by atoms with van der Waals surface area (Å²) in [6.07, 6.45) is 3.23. The number of amides is 1. The first-order chi connectivity index (χ1) is 22.1. The topological polar surface area (TPSA) is 137 Å². The molecule has 0 bridgehead atoms. The fraction of sp³-hybridized carbons (Fsp3) is 0.371. The Labute approximate surface area is 266 Å². The maximum atomic E-state index is 13.2. The highest BCUT2D eigenvalue weighted by atomic mass is 16.5. The lowest BCUT2D eigenvalue weighted by molar-refractivity contribution is -0.0304. The molecule has 4 aromatic rings. The van der Waals surface area contributed by atoms with Crippen LogP contribution in [0.3, 0.4) is 0 Å². The molecule has 1 aliphatic carbocycles. The lowest BCUT2D eigenvalue weighted by Crippen LogP contribution is -2.47. The van der Waals surface area contributed by atoms with Gasteiger partial charge in [-0.2, -0.15) is 0 Å². The molecule has 1 amide bonds. The molecule has 11 heteroatoms. The molecule has 3 atom stereocenters. The number of hydrogen-bond acceptors (Lipinski definition) is 8. The van der Waals surface area contributed by atoms with Gasteiger partial charge in [-0.15, -0.1) is 0 Å². The number of aliphatic hydroxyl groups is 1. The maximum Gasteiger partial charge on any atom is 0.330 e. The quantitative estimate of drug-likeness (QED) is 0.284. The maximum absolute atomic E-state index is 13.2. The van der Waals surface area contributed by atoms with Crippen LogP contribution in [0.4, 0.5) is 5.69 Å². The Morgan fingerprint density at radius 3 is 2.50 bits per heavy atom. The second kappa shape index (κ2) is 12.7. The number of methoxy groups -OCH3 is 1. The second-order valence-electron chi connectivity index (χ2n) is 12.1. The third-order valence-electron chi connectivity index (χ3n) is 9.27. The number of nitrogens with one attached hydrogen (secondary N) is 2. The van der Waals surface area contributed by atoms with Crippen molar-refractivity contribution in [2.75, 3.05) is 25.6 Å². The van der Waals surface area contributed by atoms with Crippen LogP contribution in [0.1, 0.15) is 51.5 Å². The molecular formula is C35H39N5O6. The first-order valence-corrected chi connectivity index (χ1v) is 15.5. The van der Waals surface area contributed by atoms with Crippen LogP contribution in [0.25, 0.3) is 22.4 Å². The summed E-state index contributed by atoms with van der Waals surface area (Å²) >= 11 is 0. The molecule has 11 nitrogen and oxygen atoms in total. The van der Waals surface area contributed by atoms with Crippen LogP contribution < -0.4 is 26.6 Å². The van der Waals surface area contributed by atoms with E-state index in [1.54, 1.807) is 13.2 Å². The Kier molecular flexibility index (Phi) is 8.65. The molecule has 2 aliphatic rings. The molecular weight excluding hydrogens is 586 g/mol. The van der Waals surface area contributed by atoms with Crippen molar-refractivity contribution in [2.24, 2.45) is 14.1 Å². The summed E-state index contributed by atoms with van der Waals surface area (Å²) in [6.45, 7) is 4.95. The largest absolute Gasteiger partial charge is 0.481 e. The highest BCUT2D eigenvalue weighted by molar-refractivity contribution is 6.04. The number of benzene rings is 2. The van der Waals surface area contributed by atoms with Gasteiger partial charge in [0, 0.05) is 55.8 Å². The van der Waals surface area contributed by atoms with Gasteiger partial charge in [0.25, 0.3) is 11.5 Å². The predicted molar refractivity (Wildman–Crippen MR) is 175 cm³/mol. The highest BCUT2D eigenvalue weighted by Gasteiger charge is 2.33. The van der Waals surface area contributed by atoms with Crippen molar-refractivity contribution < 1.29 is 19.4 Å². The van der Waals surface area contributed by atoms with Crippen molar-refractivity contribution in [3.63, 3.8) is 0 Å². The van der Waals surface area contributed by atoms with Crippen LogP contribution in [0.2, 0.25) is 0 Å². The molecule has 3 N–H and O–H groups in total. The number of rotatable bonds is 7. The summed E-state index contributed by atoms with van der Waals surface area (Å²) in [5.74, 6) is -0.00483. The summed E-state index contributed by atoms with van der Waals surface area (Å²) in [7, 11) is 4.49. The Morgan fingerprint density at radius 1 is 1.04 bits per heavy atom. The molecule has 0 radical (unpaired) electrons. The minimum absolute atomic E-state index is 0.0384. The van der Waals surface area contributed by atoms with Crippen LogP contribution in [0.5, 0.6) is 5.88 Å². The Balaban J connectivity index is 1.31. The van der Waals surface area contributed by atoms with E-state index in [9.17, 15) is 19.5 Å². The summed E-state index contributed by atoms with van der Waals surface area (Å²) in [6, 6.07) is 13.9. The van der Waals surface area contributed by atoms with Crippen molar-refractivity contribution >= 4 is 11.6 Å². The number of hydrogen-bond donors (Lipinski definition) is 3. The molecule has 240 valence electrons. The number of aromatic nitrogens is 3. The van der Waals surface area contributed by atoms with Gasteiger partial charge in [0.15, 0.2) is 0 Å². The monoisotopic (exact) mass is 625 g/mol. The molecule has 3 heterocycles. The lowest BCUT2D eigenvalue weighted by Gasteiger charge is -2.31. The van der Waals surface area contributed by atoms with Crippen LogP contribution in [0.15, 0.2) is 58.3 Å². The van der Waals surface area contributed by atoms with Gasteiger partial charge in [0.1, 0.15) is 5.56 Å². The number of carbonyl (C=O) groups is 1. The molecule has 2 aromatic heterocycles. The van der Waals surface area contributed by atoms with Crippen molar-refractivity contribution in [2.45, 2.75) is 51.3 Å². The highest BCUT2D eigenvalue weighted by Crippen LogP contribution is 2.41. The van der Waals surface area contributed by atoms with E-state index < -0.39 is 23.3 Å². The molecule has 0 spiro atoms. The van der Waals surface area contributed by atoms with E-state index in [1.165, 1.54) is 30.4 Å². The van der Waals surface area contributed by atoms with E-state index in [4.69, 9.17) is 14.5 Å². The summed E-state index contributed by atoms with van der Waals surface area (Å²) in [5, 5.41) is 16.9. The average molecular weight is 626 g/mol. The zero-order valence-corrected chi connectivity index (χ0v) is 26.7. The van der Waals surface area contributed by atoms with Crippen LogP contribution in [0, 0.1) is 13.8 Å². The molecule has 1 fully saturated rings. The zero-order chi connectivity index (χ0) is 32.7. The molecule has 0 unspecified atom stereocenters. The first kappa shape index (κ1) is 31.4. The SMILES string of the molecule is COc1nc(-c2cccc(-c3cccc(NC(=O)c4cn(C)c(=O)n(C)c4=O)c3C)c2C)cc2c1[C@@H](N[C@@H]1CCOC[C@@H]1O)CC2. The normalized spacial score (nSPS) is 19.1. The summed E-state index contributed by atoms with van der Waals surface area (Å²) in [4.78, 5) is 42.9. The Bertz CT molecular complexity index is 1950. The summed E-state index contributed by atoms with van der Waals surface area (Å²) < 4.78 is 13.4. The Hall–Kier alpha value is -4.58. The summed E-state index contributed by atoms with van der Waals surface area (Å²) in [5.41, 5.74) is 7.07. The number of aryl methyl sites for hydroxylation is 2. The van der Waals surface area contributed by atoms with Crippen LogP contribution in [-0.2, 0) is 25.3 Å². The van der Waals surface area contributed by atoms with E-state index in [0.29, 0.717) is 24.8 Å². The van der Waals surface area contributed by atoms with Gasteiger partial charge in [-0.3, -0.25) is 14.2 Å². The van der Waals surface area contributed by atoms with Gasteiger partial charge in [-0.05, 0) is 73.1 Å². The number of fused-ring (bicyclic) bond motifs is 1. The number of carbonyl (C=O) groups excluding carboxylic acids is 1. The van der Waals surface area contributed by atoms with E-state index >= 15 is 0 Å². The minimum Gasteiger partial charge on any atom is -0.481 e. The number of nitrogens with zero attached hydrogens (tertiary/aromatic N) is 3. The molecule has 0 saturated carbocycles. The first-order valence-electron chi connectivity index (χ1n) is 15.5. The molecule has 2 aromatic carbocycles. The standard InChI is InChI=1S/C35H39N5O6/c1-19-22(23-9-7-11-26(20(23)2)37-32(42)25-17-39(3)35(44)40(4)34(25)43)8-6-10-24(19)29-16-21-12-13-28(31(21)33(38-29)45-5)36-27-14-15-46-18-30(27)41/h6-11,16-17,27-28,30,36,41H,12-15,18H2,1-5H3,(H,37,42)/t27-,28+,30+/m1/s1. The predicted octanol–water partition coefficient (Wildman–Crippen LogP) is 3.42. The number of anilines is 1. The third kappa shape index (κ3) is 5.66. The molecule has 1 aliphatic heterocycles. The third-order valence-corrected chi connectivity index (χ3v) is 9.27.